The van der Waals surface area contributed by atoms with E-state index in [4.69, 9.17) is 20.2 Å². The zero-order valence-corrected chi connectivity index (χ0v) is 27.6. The molecule has 250 valence electrons. The quantitative estimate of drug-likeness (QED) is 0.242. The van der Waals surface area contributed by atoms with Crippen LogP contribution in [0, 0.1) is 11.3 Å². The second kappa shape index (κ2) is 13.6. The first kappa shape index (κ1) is 32.8. The number of carbonyl (C=O) groups excluding carboxylic acids is 2. The summed E-state index contributed by atoms with van der Waals surface area (Å²) in [6.45, 7) is 7.46. The number of primary amides is 1. The zero-order valence-electron chi connectivity index (χ0n) is 27.6. The van der Waals surface area contributed by atoms with Crippen LogP contribution in [-0.4, -0.2) is 62.8 Å². The first-order valence-corrected chi connectivity index (χ1v) is 16.0. The number of nitrogens with two attached hydrogens (primary N) is 1. The van der Waals surface area contributed by atoms with Crippen molar-refractivity contribution in [3.05, 3.63) is 118 Å². The van der Waals surface area contributed by atoms with Crippen LogP contribution in [0.15, 0.2) is 89.9 Å². The van der Waals surface area contributed by atoms with E-state index < -0.39 is 11.5 Å². The van der Waals surface area contributed by atoms with Crippen LogP contribution < -0.4 is 21.1 Å². The Balaban J connectivity index is 1.53. The molecule has 3 aromatic carbocycles. The number of nitriles is 1. The molecule has 0 radical (unpaired) electrons. The highest BCUT2D eigenvalue weighted by molar-refractivity contribution is 5.96. The summed E-state index contributed by atoms with van der Waals surface area (Å²) in [6.07, 6.45) is 1.15. The monoisotopic (exact) mass is 659 g/mol. The Kier molecular flexibility index (Phi) is 9.09. The summed E-state index contributed by atoms with van der Waals surface area (Å²) in [5.41, 5.74) is 7.84. The minimum absolute atomic E-state index is 0.0740. The molecule has 0 aliphatic carbocycles. The van der Waals surface area contributed by atoms with Crippen LogP contribution in [-0.2, 0) is 17.8 Å². The van der Waals surface area contributed by atoms with Gasteiger partial charge >= 0.3 is 11.8 Å². The summed E-state index contributed by atoms with van der Waals surface area (Å²) in [5, 5.41) is 9.88. The number of piperazine rings is 1. The molecule has 2 aromatic heterocycles. The van der Waals surface area contributed by atoms with Crippen LogP contribution in [0.25, 0.3) is 11.0 Å². The van der Waals surface area contributed by atoms with E-state index in [1.165, 1.54) is 6.20 Å². The normalized spacial score (nSPS) is 13.3. The Morgan fingerprint density at radius 2 is 1.51 bits per heavy atom. The number of imidazole rings is 1. The van der Waals surface area contributed by atoms with Crippen molar-refractivity contribution >= 4 is 28.9 Å². The number of hydrogen-bond acceptors (Lipinski definition) is 8. The fraction of sp³-hybridized carbons (Fsp3) is 0.270. The average molecular weight is 660 g/mol. The van der Waals surface area contributed by atoms with Crippen LogP contribution in [0.2, 0.25) is 0 Å². The van der Waals surface area contributed by atoms with E-state index in [1.807, 2.05) is 68.1 Å². The van der Waals surface area contributed by atoms with Crippen molar-refractivity contribution in [2.75, 3.05) is 31.1 Å². The van der Waals surface area contributed by atoms with Gasteiger partial charge in [0, 0.05) is 26.2 Å². The fourth-order valence-corrected chi connectivity index (χ4v) is 5.92. The molecule has 49 heavy (non-hydrogen) atoms. The molecule has 0 saturated carbocycles. The van der Waals surface area contributed by atoms with Crippen molar-refractivity contribution in [2.24, 2.45) is 5.73 Å². The van der Waals surface area contributed by atoms with Crippen molar-refractivity contribution in [2.45, 2.75) is 39.5 Å². The zero-order chi connectivity index (χ0) is 34.7. The number of pyridine rings is 1. The molecule has 2 N–H and O–H groups in total. The highest BCUT2D eigenvalue weighted by atomic mass is 16.6. The Morgan fingerprint density at radius 3 is 2.20 bits per heavy atom. The molecule has 2 amide bonds. The van der Waals surface area contributed by atoms with Gasteiger partial charge in [-0.25, -0.2) is 14.6 Å². The molecule has 1 saturated heterocycles. The van der Waals surface area contributed by atoms with Crippen LogP contribution in [0.3, 0.4) is 0 Å². The van der Waals surface area contributed by atoms with Gasteiger partial charge in [0.1, 0.15) is 22.4 Å². The second-order valence-electron chi connectivity index (χ2n) is 12.8. The number of nitrogens with zero attached hydrogens (tertiary/aromatic N) is 6. The molecule has 12 heteroatoms. The number of aromatic nitrogens is 3. The molecule has 1 aliphatic rings. The topological polar surface area (TPSA) is 149 Å². The Hall–Kier alpha value is -6.09. The predicted octanol–water partition coefficient (Wildman–Crippen LogP) is 5.11. The smallest absolute Gasteiger partial charge is 0.410 e. The molecular weight excluding hydrogens is 622 g/mol. The third-order valence-electron chi connectivity index (χ3n) is 8.23. The number of benzene rings is 3. The van der Waals surface area contributed by atoms with Gasteiger partial charge in [-0.3, -0.25) is 13.9 Å². The standard InChI is InChI=1S/C37H37N7O5/c1-37(2,3)49-36(47)42-19-17-41(18-20-42)34-32-31(30(22-40-34)48-29-16-10-9-15-28(29)33(39)45)44(24-27-14-8-7-13-26(27)21-38)35(46)43(32)23-25-11-5-4-6-12-25/h4-16,22H,17-20,23-24H2,1-3H3,(H2,39,45). The van der Waals surface area contributed by atoms with Gasteiger partial charge in [0.2, 0.25) is 0 Å². The lowest BCUT2D eigenvalue weighted by Gasteiger charge is -2.36. The molecule has 0 spiro atoms. The first-order chi connectivity index (χ1) is 23.5. The van der Waals surface area contributed by atoms with E-state index in [9.17, 15) is 19.6 Å². The van der Waals surface area contributed by atoms with Gasteiger partial charge < -0.3 is 25.0 Å². The molecule has 5 aromatic rings. The number of anilines is 1. The summed E-state index contributed by atoms with van der Waals surface area (Å²) >= 11 is 0. The van der Waals surface area contributed by atoms with Crippen LogP contribution in [0.5, 0.6) is 11.5 Å². The lowest BCUT2D eigenvalue weighted by Crippen LogP contribution is -2.50. The molecule has 0 bridgehead atoms. The number of ether oxygens (including phenoxy) is 2. The van der Waals surface area contributed by atoms with Crippen molar-refractivity contribution in [1.29, 1.82) is 5.26 Å². The third kappa shape index (κ3) is 6.96. The summed E-state index contributed by atoms with van der Waals surface area (Å²) in [4.78, 5) is 48.3. The largest absolute Gasteiger partial charge is 0.453 e. The molecular formula is C37H37N7O5. The van der Waals surface area contributed by atoms with Gasteiger partial charge in [-0.1, -0.05) is 60.7 Å². The summed E-state index contributed by atoms with van der Waals surface area (Å²) in [5.74, 6) is 0.318. The van der Waals surface area contributed by atoms with Gasteiger partial charge in [-0.05, 0) is 50.1 Å². The summed E-state index contributed by atoms with van der Waals surface area (Å²) < 4.78 is 15.2. The second-order valence-corrected chi connectivity index (χ2v) is 12.8. The number of carbonyl (C=O) groups is 2. The molecule has 1 aliphatic heterocycles. The molecule has 12 nitrogen and oxygen atoms in total. The van der Waals surface area contributed by atoms with Crippen LogP contribution >= 0.6 is 0 Å². The maximum absolute atomic E-state index is 14.6. The highest BCUT2D eigenvalue weighted by Gasteiger charge is 2.30. The van der Waals surface area contributed by atoms with E-state index in [-0.39, 0.29) is 41.9 Å². The number of hydrogen-bond donors (Lipinski definition) is 1. The van der Waals surface area contributed by atoms with Gasteiger partial charge in [0.25, 0.3) is 5.91 Å². The first-order valence-electron chi connectivity index (χ1n) is 16.0. The maximum atomic E-state index is 14.6. The Labute approximate surface area is 283 Å². The number of amides is 2. The lowest BCUT2D eigenvalue weighted by molar-refractivity contribution is 0.0240. The van der Waals surface area contributed by atoms with Gasteiger partial charge in [0.15, 0.2) is 11.6 Å². The van der Waals surface area contributed by atoms with E-state index in [2.05, 4.69) is 6.07 Å². The van der Waals surface area contributed by atoms with Crippen LogP contribution in [0.1, 0.15) is 47.8 Å². The maximum Gasteiger partial charge on any atom is 0.410 e. The van der Waals surface area contributed by atoms with Gasteiger partial charge in [-0.2, -0.15) is 5.26 Å². The molecule has 3 heterocycles. The minimum atomic E-state index is -0.665. The van der Waals surface area contributed by atoms with E-state index >= 15 is 0 Å². The molecule has 0 unspecified atom stereocenters. The third-order valence-corrected chi connectivity index (χ3v) is 8.23. The lowest BCUT2D eigenvalue weighted by atomic mass is 10.1. The van der Waals surface area contributed by atoms with Crippen LogP contribution in [0.4, 0.5) is 10.6 Å². The number of rotatable bonds is 8. The van der Waals surface area contributed by atoms with Crippen molar-refractivity contribution < 1.29 is 19.1 Å². The van der Waals surface area contributed by atoms with E-state index in [1.54, 1.807) is 50.4 Å². The molecule has 0 atom stereocenters. The summed E-state index contributed by atoms with van der Waals surface area (Å²) in [6, 6.07) is 25.6. The van der Waals surface area contributed by atoms with Gasteiger partial charge in [-0.15, -0.1) is 0 Å². The number of fused-ring (bicyclic) bond motifs is 1. The Morgan fingerprint density at radius 1 is 0.857 bits per heavy atom. The number of para-hydroxylation sites is 1. The van der Waals surface area contributed by atoms with E-state index in [0.29, 0.717) is 54.2 Å². The van der Waals surface area contributed by atoms with Crippen molar-refractivity contribution in [1.82, 2.24) is 19.0 Å². The average Bonchev–Trinajstić information content (AvgIpc) is 3.35. The molecule has 6 rings (SSSR count). The SMILES string of the molecule is CC(C)(C)OC(=O)N1CCN(c2ncc(Oc3ccccc3C(N)=O)c3c2n(Cc2ccccc2)c(=O)n3Cc2ccccc2C#N)CC1. The summed E-state index contributed by atoms with van der Waals surface area (Å²) in [7, 11) is 0. The van der Waals surface area contributed by atoms with Crippen molar-refractivity contribution in [3.8, 4) is 17.6 Å². The fourth-order valence-electron chi connectivity index (χ4n) is 5.92. The van der Waals surface area contributed by atoms with Crippen molar-refractivity contribution in [3.63, 3.8) is 0 Å². The minimum Gasteiger partial charge on any atom is -0.453 e. The predicted molar refractivity (Wildman–Crippen MR) is 185 cm³/mol. The van der Waals surface area contributed by atoms with E-state index in [0.717, 1.165) is 5.56 Å². The molecule has 1 fully saturated rings. The Bertz CT molecular complexity index is 2120. The highest BCUT2D eigenvalue weighted by Crippen LogP contribution is 2.36. The van der Waals surface area contributed by atoms with Gasteiger partial charge in [0.05, 0.1) is 36.5 Å².